The minimum Gasteiger partial charge on any atom is -0.355 e. The van der Waals surface area contributed by atoms with Gasteiger partial charge in [0.15, 0.2) is 0 Å². The molecule has 1 aromatic rings. The van der Waals surface area contributed by atoms with Crippen LogP contribution in [0, 0.1) is 5.92 Å². The van der Waals surface area contributed by atoms with Gasteiger partial charge in [-0.25, -0.2) is 8.42 Å². The Labute approximate surface area is 144 Å². The van der Waals surface area contributed by atoms with Gasteiger partial charge in [-0.15, -0.1) is 0 Å². The molecular weight excluding hydrogens is 336 g/mol. The Morgan fingerprint density at radius 1 is 1.35 bits per heavy atom. The van der Waals surface area contributed by atoms with Crippen LogP contribution in [0.3, 0.4) is 0 Å². The molecule has 0 saturated heterocycles. The number of amides is 1. The lowest BCUT2D eigenvalue weighted by molar-refractivity contribution is -0.121. The summed E-state index contributed by atoms with van der Waals surface area (Å²) in [6.45, 7) is 4.71. The van der Waals surface area contributed by atoms with Gasteiger partial charge >= 0.3 is 0 Å². The number of rotatable bonds is 9. The van der Waals surface area contributed by atoms with Crippen molar-refractivity contribution in [1.29, 1.82) is 0 Å². The summed E-state index contributed by atoms with van der Waals surface area (Å²) in [5.41, 5.74) is 1.03. The highest BCUT2D eigenvalue weighted by Gasteiger charge is 2.19. The molecule has 0 saturated carbocycles. The minimum absolute atomic E-state index is 0.138. The van der Waals surface area contributed by atoms with Gasteiger partial charge in [0.05, 0.1) is 12.8 Å². The molecule has 1 N–H and O–H groups in total. The van der Waals surface area contributed by atoms with Crippen LogP contribution in [0.15, 0.2) is 24.3 Å². The van der Waals surface area contributed by atoms with Crippen LogP contribution in [-0.2, 0) is 21.2 Å². The number of carbonyl (C=O) groups is 1. The maximum atomic E-state index is 12.0. The quantitative estimate of drug-likeness (QED) is 0.734. The lowest BCUT2D eigenvalue weighted by Crippen LogP contribution is -2.41. The number of sulfonamides is 1. The van der Waals surface area contributed by atoms with Crippen LogP contribution in [0.4, 0.5) is 0 Å². The van der Waals surface area contributed by atoms with Gasteiger partial charge in [0.1, 0.15) is 0 Å². The van der Waals surface area contributed by atoms with Crippen LogP contribution in [0.5, 0.6) is 0 Å². The van der Waals surface area contributed by atoms with E-state index in [1.165, 1.54) is 4.31 Å². The zero-order chi connectivity index (χ0) is 17.5. The molecule has 0 fully saturated rings. The highest BCUT2D eigenvalue weighted by molar-refractivity contribution is 7.88. The SMILES string of the molecule is CC(C)CCN(CC(=O)NCCc1cccc(Cl)c1)S(C)(=O)=O. The van der Waals surface area contributed by atoms with Crippen molar-refractivity contribution in [1.82, 2.24) is 9.62 Å². The van der Waals surface area contributed by atoms with Crippen molar-refractivity contribution in [2.24, 2.45) is 5.92 Å². The molecule has 1 rings (SSSR count). The molecule has 0 unspecified atom stereocenters. The average molecular weight is 361 g/mol. The van der Waals surface area contributed by atoms with Crippen LogP contribution in [0.25, 0.3) is 0 Å². The number of hydrogen-bond donors (Lipinski definition) is 1. The third-order valence-electron chi connectivity index (χ3n) is 3.37. The molecule has 23 heavy (non-hydrogen) atoms. The first-order valence-electron chi connectivity index (χ1n) is 7.64. The number of benzene rings is 1. The van der Waals surface area contributed by atoms with Crippen LogP contribution in [0.1, 0.15) is 25.8 Å². The fourth-order valence-electron chi connectivity index (χ4n) is 2.02. The summed E-state index contributed by atoms with van der Waals surface area (Å²) in [7, 11) is -3.38. The molecule has 130 valence electrons. The Hall–Kier alpha value is -1.11. The number of nitrogens with one attached hydrogen (secondary N) is 1. The Kier molecular flexibility index (Phi) is 8.02. The molecule has 1 amide bonds. The molecule has 7 heteroatoms. The second-order valence-corrected chi connectivity index (χ2v) is 8.43. The monoisotopic (exact) mass is 360 g/mol. The number of carbonyl (C=O) groups excluding carboxylic acids is 1. The number of hydrogen-bond acceptors (Lipinski definition) is 3. The third kappa shape index (κ3) is 8.34. The standard InChI is InChI=1S/C16H25ClN2O3S/c1-13(2)8-10-19(23(3,21)22)12-16(20)18-9-7-14-5-4-6-15(17)11-14/h4-6,11,13H,7-10,12H2,1-3H3,(H,18,20). The Bertz CT molecular complexity index is 618. The molecule has 0 atom stereocenters. The summed E-state index contributed by atoms with van der Waals surface area (Å²) < 4.78 is 24.7. The predicted molar refractivity (Wildman–Crippen MR) is 94.0 cm³/mol. The van der Waals surface area contributed by atoms with Crippen LogP contribution in [-0.4, -0.2) is 44.5 Å². The van der Waals surface area contributed by atoms with Crippen molar-refractivity contribution in [3.8, 4) is 0 Å². The van der Waals surface area contributed by atoms with Crippen LogP contribution in [0.2, 0.25) is 5.02 Å². The fourth-order valence-corrected chi connectivity index (χ4v) is 3.02. The first-order valence-corrected chi connectivity index (χ1v) is 9.87. The molecule has 0 aliphatic heterocycles. The van der Waals surface area contributed by atoms with Crippen molar-refractivity contribution < 1.29 is 13.2 Å². The molecule has 0 radical (unpaired) electrons. The van der Waals surface area contributed by atoms with Crippen molar-refractivity contribution in [2.75, 3.05) is 25.9 Å². The zero-order valence-electron chi connectivity index (χ0n) is 13.9. The highest BCUT2D eigenvalue weighted by Crippen LogP contribution is 2.10. The summed E-state index contributed by atoms with van der Waals surface area (Å²) in [5, 5.41) is 3.41. The number of nitrogens with zero attached hydrogens (tertiary/aromatic N) is 1. The molecule has 0 aliphatic carbocycles. The molecule has 0 spiro atoms. The zero-order valence-corrected chi connectivity index (χ0v) is 15.5. The second-order valence-electron chi connectivity index (χ2n) is 6.01. The van der Waals surface area contributed by atoms with Crippen molar-refractivity contribution in [3.05, 3.63) is 34.9 Å². The molecule has 0 heterocycles. The third-order valence-corrected chi connectivity index (χ3v) is 4.85. The van der Waals surface area contributed by atoms with E-state index in [0.29, 0.717) is 30.5 Å². The second kappa shape index (κ2) is 9.25. The highest BCUT2D eigenvalue weighted by atomic mass is 35.5. The average Bonchev–Trinajstić information content (AvgIpc) is 2.42. The van der Waals surface area contributed by atoms with E-state index in [2.05, 4.69) is 5.32 Å². The summed E-state index contributed by atoms with van der Waals surface area (Å²) in [4.78, 5) is 12.0. The van der Waals surface area contributed by atoms with E-state index in [0.717, 1.165) is 18.2 Å². The first kappa shape index (κ1) is 19.9. The number of halogens is 1. The predicted octanol–water partition coefficient (Wildman–Crippen LogP) is 2.31. The largest absolute Gasteiger partial charge is 0.355 e. The van der Waals surface area contributed by atoms with Crippen molar-refractivity contribution in [2.45, 2.75) is 26.7 Å². The van der Waals surface area contributed by atoms with Crippen LogP contribution >= 0.6 is 11.6 Å². The topological polar surface area (TPSA) is 66.5 Å². The van der Waals surface area contributed by atoms with E-state index in [1.807, 2.05) is 32.0 Å². The summed E-state index contributed by atoms with van der Waals surface area (Å²) in [6.07, 6.45) is 2.51. The van der Waals surface area contributed by atoms with Crippen LogP contribution < -0.4 is 5.32 Å². The van der Waals surface area contributed by atoms with E-state index in [9.17, 15) is 13.2 Å². The minimum atomic E-state index is -3.38. The first-order chi connectivity index (χ1) is 10.7. The molecular formula is C16H25ClN2O3S. The molecule has 0 aliphatic rings. The van der Waals surface area contributed by atoms with Gasteiger partial charge in [-0.2, -0.15) is 4.31 Å². The normalized spacial score (nSPS) is 11.9. The van der Waals surface area contributed by atoms with Crippen molar-refractivity contribution in [3.63, 3.8) is 0 Å². The maximum absolute atomic E-state index is 12.0. The Morgan fingerprint density at radius 2 is 2.04 bits per heavy atom. The van der Waals surface area contributed by atoms with Gasteiger partial charge in [-0.1, -0.05) is 37.6 Å². The Morgan fingerprint density at radius 3 is 2.61 bits per heavy atom. The Balaban J connectivity index is 2.46. The fraction of sp³-hybridized carbons (Fsp3) is 0.562. The van der Waals surface area contributed by atoms with Gasteiger partial charge in [0.2, 0.25) is 15.9 Å². The molecule has 0 bridgehead atoms. The van der Waals surface area contributed by atoms with Gasteiger partial charge < -0.3 is 5.32 Å². The van der Waals surface area contributed by atoms with E-state index >= 15 is 0 Å². The van der Waals surface area contributed by atoms with E-state index in [4.69, 9.17) is 11.6 Å². The van der Waals surface area contributed by atoms with Gasteiger partial charge in [0.25, 0.3) is 0 Å². The summed E-state index contributed by atoms with van der Waals surface area (Å²) in [6, 6.07) is 7.43. The van der Waals surface area contributed by atoms with E-state index < -0.39 is 10.0 Å². The summed E-state index contributed by atoms with van der Waals surface area (Å²) in [5.74, 6) is 0.0892. The lowest BCUT2D eigenvalue weighted by atomic mass is 10.1. The molecule has 0 aromatic heterocycles. The van der Waals surface area contributed by atoms with Gasteiger partial charge in [0, 0.05) is 18.1 Å². The molecule has 1 aromatic carbocycles. The van der Waals surface area contributed by atoms with Crippen molar-refractivity contribution >= 4 is 27.5 Å². The van der Waals surface area contributed by atoms with Gasteiger partial charge in [-0.05, 0) is 36.5 Å². The summed E-state index contributed by atoms with van der Waals surface area (Å²) >= 11 is 5.90. The van der Waals surface area contributed by atoms with E-state index in [1.54, 1.807) is 6.07 Å². The molecule has 5 nitrogen and oxygen atoms in total. The van der Waals surface area contributed by atoms with E-state index in [-0.39, 0.29) is 12.5 Å². The smallest absolute Gasteiger partial charge is 0.235 e. The maximum Gasteiger partial charge on any atom is 0.235 e. The van der Waals surface area contributed by atoms with Gasteiger partial charge in [-0.3, -0.25) is 4.79 Å². The lowest BCUT2D eigenvalue weighted by Gasteiger charge is -2.20.